The lowest BCUT2D eigenvalue weighted by molar-refractivity contribution is 0.0787. The number of hydrogen-bond donors (Lipinski definition) is 0. The van der Waals surface area contributed by atoms with Gasteiger partial charge in [0.2, 0.25) is 0 Å². The molecule has 1 aromatic rings. The van der Waals surface area contributed by atoms with E-state index in [9.17, 15) is 13.2 Å². The van der Waals surface area contributed by atoms with Gasteiger partial charge in [0, 0.05) is 34.4 Å². The summed E-state index contributed by atoms with van der Waals surface area (Å²) in [5.41, 5.74) is 0.867. The average Bonchev–Trinajstić information content (AvgIpc) is 2.77. The van der Waals surface area contributed by atoms with E-state index >= 15 is 0 Å². The van der Waals surface area contributed by atoms with Crippen LogP contribution in [-0.2, 0) is 9.05 Å². The second kappa shape index (κ2) is 5.54. The Hall–Kier alpha value is -0.780. The van der Waals surface area contributed by atoms with E-state index in [2.05, 4.69) is 6.92 Å². The molecule has 0 aromatic heterocycles. The van der Waals surface area contributed by atoms with Gasteiger partial charge < -0.3 is 4.90 Å². The molecule has 0 saturated carbocycles. The molecule has 1 aliphatic heterocycles. The first kappa shape index (κ1) is 15.6. The zero-order valence-corrected chi connectivity index (χ0v) is 13.5. The molecule has 2 rings (SSSR count). The number of rotatable bonds is 2. The molecule has 20 heavy (non-hydrogen) atoms. The Kier molecular flexibility index (Phi) is 4.33. The lowest BCUT2D eigenvalue weighted by Crippen LogP contribution is -2.29. The van der Waals surface area contributed by atoms with Crippen LogP contribution in [0.1, 0.15) is 29.3 Å². The molecule has 1 aliphatic rings. The summed E-state index contributed by atoms with van der Waals surface area (Å²) in [6.45, 7) is 5.12. The van der Waals surface area contributed by atoms with Gasteiger partial charge in [0.25, 0.3) is 15.0 Å². The van der Waals surface area contributed by atoms with Crippen LogP contribution < -0.4 is 0 Å². The second-order valence-corrected chi connectivity index (χ2v) is 8.13. The van der Waals surface area contributed by atoms with Gasteiger partial charge in [-0.3, -0.25) is 4.79 Å². The van der Waals surface area contributed by atoms with Gasteiger partial charge in [-0.15, -0.1) is 0 Å². The van der Waals surface area contributed by atoms with Crippen molar-refractivity contribution in [3.05, 3.63) is 28.3 Å². The smallest absolute Gasteiger partial charge is 0.261 e. The summed E-state index contributed by atoms with van der Waals surface area (Å²) in [6.07, 6.45) is 0.950. The van der Waals surface area contributed by atoms with Crippen LogP contribution in [-0.4, -0.2) is 32.3 Å². The molecule has 1 saturated heterocycles. The SMILES string of the molecule is Cc1c(Cl)cc(S(=O)(=O)Cl)cc1C(=O)N1CCC(C)C1. The predicted molar refractivity (Wildman–Crippen MR) is 78.9 cm³/mol. The summed E-state index contributed by atoms with van der Waals surface area (Å²) in [5, 5.41) is 0.224. The third-order valence-corrected chi connectivity index (χ3v) is 5.27. The molecule has 4 nitrogen and oxygen atoms in total. The highest BCUT2D eigenvalue weighted by atomic mass is 35.7. The third kappa shape index (κ3) is 3.10. The van der Waals surface area contributed by atoms with E-state index in [1.165, 1.54) is 12.1 Å². The van der Waals surface area contributed by atoms with E-state index in [1.807, 2.05) is 0 Å². The van der Waals surface area contributed by atoms with E-state index in [1.54, 1.807) is 11.8 Å². The van der Waals surface area contributed by atoms with Crippen LogP contribution in [0.2, 0.25) is 5.02 Å². The predicted octanol–water partition coefficient (Wildman–Crippen LogP) is 3.06. The van der Waals surface area contributed by atoms with Gasteiger partial charge in [-0.1, -0.05) is 18.5 Å². The Morgan fingerprint density at radius 2 is 2.05 bits per heavy atom. The minimum absolute atomic E-state index is 0.148. The number of hydrogen-bond acceptors (Lipinski definition) is 3. The van der Waals surface area contributed by atoms with Crippen molar-refractivity contribution in [2.75, 3.05) is 13.1 Å². The zero-order chi connectivity index (χ0) is 15.1. The van der Waals surface area contributed by atoms with Crippen molar-refractivity contribution in [1.82, 2.24) is 4.90 Å². The van der Waals surface area contributed by atoms with Crippen molar-refractivity contribution in [1.29, 1.82) is 0 Å². The molecule has 1 fully saturated rings. The largest absolute Gasteiger partial charge is 0.338 e. The first-order valence-corrected chi connectivity index (χ1v) is 8.93. The molecule has 1 atom stereocenters. The molecule has 0 aliphatic carbocycles. The monoisotopic (exact) mass is 335 g/mol. The van der Waals surface area contributed by atoms with Crippen LogP contribution in [0, 0.1) is 12.8 Å². The lowest BCUT2D eigenvalue weighted by Gasteiger charge is -2.18. The molecular weight excluding hydrogens is 321 g/mol. The van der Waals surface area contributed by atoms with Crippen LogP contribution in [0.4, 0.5) is 0 Å². The van der Waals surface area contributed by atoms with Crippen molar-refractivity contribution in [2.45, 2.75) is 25.2 Å². The van der Waals surface area contributed by atoms with Crippen LogP contribution in [0.15, 0.2) is 17.0 Å². The minimum atomic E-state index is -3.92. The summed E-state index contributed by atoms with van der Waals surface area (Å²) >= 11 is 6.01. The van der Waals surface area contributed by atoms with Gasteiger partial charge in [0.1, 0.15) is 0 Å². The van der Waals surface area contributed by atoms with Crippen LogP contribution >= 0.6 is 22.3 Å². The minimum Gasteiger partial charge on any atom is -0.338 e. The highest BCUT2D eigenvalue weighted by molar-refractivity contribution is 8.13. The highest BCUT2D eigenvalue weighted by Gasteiger charge is 2.27. The fourth-order valence-electron chi connectivity index (χ4n) is 2.31. The van der Waals surface area contributed by atoms with Gasteiger partial charge in [-0.25, -0.2) is 8.42 Å². The van der Waals surface area contributed by atoms with Gasteiger partial charge >= 0.3 is 0 Å². The van der Waals surface area contributed by atoms with Gasteiger partial charge in [0.15, 0.2) is 0 Å². The maximum absolute atomic E-state index is 12.5. The Morgan fingerprint density at radius 3 is 2.55 bits per heavy atom. The molecule has 1 unspecified atom stereocenters. The van der Waals surface area contributed by atoms with Gasteiger partial charge in [-0.05, 0) is 37.0 Å². The van der Waals surface area contributed by atoms with Crippen molar-refractivity contribution in [3.63, 3.8) is 0 Å². The molecule has 0 bridgehead atoms. The van der Waals surface area contributed by atoms with E-state index in [-0.39, 0.29) is 15.8 Å². The Balaban J connectivity index is 2.45. The van der Waals surface area contributed by atoms with E-state index in [0.717, 1.165) is 6.42 Å². The second-order valence-electron chi connectivity index (χ2n) is 5.16. The normalized spacial score (nSPS) is 19.4. The number of carbonyl (C=O) groups is 1. The first-order valence-electron chi connectivity index (χ1n) is 6.24. The maximum Gasteiger partial charge on any atom is 0.261 e. The lowest BCUT2D eigenvalue weighted by atomic mass is 10.1. The maximum atomic E-state index is 12.5. The molecule has 0 radical (unpaired) electrons. The number of amides is 1. The number of benzene rings is 1. The fraction of sp³-hybridized carbons (Fsp3) is 0.462. The number of nitrogens with zero attached hydrogens (tertiary/aromatic N) is 1. The van der Waals surface area contributed by atoms with Crippen LogP contribution in [0.3, 0.4) is 0 Å². The molecule has 1 heterocycles. The number of halogens is 2. The zero-order valence-electron chi connectivity index (χ0n) is 11.2. The van der Waals surface area contributed by atoms with E-state index < -0.39 is 9.05 Å². The van der Waals surface area contributed by atoms with Gasteiger partial charge in [-0.2, -0.15) is 0 Å². The van der Waals surface area contributed by atoms with Crippen LogP contribution in [0.25, 0.3) is 0 Å². The van der Waals surface area contributed by atoms with E-state index in [4.69, 9.17) is 22.3 Å². The Labute approximate surface area is 128 Å². The van der Waals surface area contributed by atoms with E-state index in [0.29, 0.717) is 30.1 Å². The molecule has 1 amide bonds. The summed E-state index contributed by atoms with van der Waals surface area (Å²) in [4.78, 5) is 14.0. The quantitative estimate of drug-likeness (QED) is 0.780. The van der Waals surface area contributed by atoms with Crippen LogP contribution in [0.5, 0.6) is 0 Å². The Morgan fingerprint density at radius 1 is 1.40 bits per heavy atom. The summed E-state index contributed by atoms with van der Waals surface area (Å²) in [5.74, 6) is 0.255. The fourth-order valence-corrected chi connectivity index (χ4v) is 3.38. The van der Waals surface area contributed by atoms with Crippen molar-refractivity contribution >= 4 is 37.2 Å². The topological polar surface area (TPSA) is 54.5 Å². The highest BCUT2D eigenvalue weighted by Crippen LogP contribution is 2.28. The van der Waals surface area contributed by atoms with Crippen molar-refractivity contribution in [3.8, 4) is 0 Å². The first-order chi connectivity index (χ1) is 9.20. The standard InChI is InChI=1S/C13H15Cl2NO3S/c1-8-3-4-16(7-8)13(17)11-5-10(20(15,18)19)6-12(14)9(11)2/h5-6,8H,3-4,7H2,1-2H3. The Bertz CT molecular complexity index is 658. The molecule has 0 N–H and O–H groups in total. The average molecular weight is 336 g/mol. The molecule has 110 valence electrons. The number of carbonyl (C=O) groups excluding carboxylic acids is 1. The third-order valence-electron chi connectivity index (χ3n) is 3.54. The summed E-state index contributed by atoms with van der Waals surface area (Å²) in [6, 6.07) is 2.57. The van der Waals surface area contributed by atoms with Crippen molar-refractivity contribution in [2.24, 2.45) is 5.92 Å². The summed E-state index contributed by atoms with van der Waals surface area (Å²) in [7, 11) is 1.42. The number of likely N-dealkylation sites (tertiary alicyclic amines) is 1. The molecular formula is C13H15Cl2NO3S. The molecule has 0 spiro atoms. The molecule has 7 heteroatoms. The summed E-state index contributed by atoms with van der Waals surface area (Å²) < 4.78 is 22.9. The van der Waals surface area contributed by atoms with Crippen molar-refractivity contribution < 1.29 is 13.2 Å². The van der Waals surface area contributed by atoms with Gasteiger partial charge in [0.05, 0.1) is 4.90 Å². The molecule has 1 aromatic carbocycles.